The second-order valence-corrected chi connectivity index (χ2v) is 5.51. The number of halogens is 4. The predicted molar refractivity (Wildman–Crippen MR) is 82.1 cm³/mol. The van der Waals surface area contributed by atoms with Gasteiger partial charge in [0.25, 0.3) is 5.56 Å². The number of hydrogen-bond acceptors (Lipinski definition) is 2. The van der Waals surface area contributed by atoms with E-state index in [1.807, 2.05) is 0 Å². The van der Waals surface area contributed by atoms with Gasteiger partial charge >= 0.3 is 6.18 Å². The fourth-order valence-corrected chi connectivity index (χ4v) is 2.45. The van der Waals surface area contributed by atoms with E-state index in [1.165, 1.54) is 36.4 Å². The van der Waals surface area contributed by atoms with Crippen molar-refractivity contribution >= 4 is 22.5 Å². The molecule has 0 spiro atoms. The molecule has 0 unspecified atom stereocenters. The molecule has 3 rings (SSSR count). The number of alkyl halides is 3. The number of hydrogen-bond donors (Lipinski definition) is 0. The van der Waals surface area contributed by atoms with Crippen LogP contribution in [0.5, 0.6) is 0 Å². The van der Waals surface area contributed by atoms with Gasteiger partial charge in [-0.25, -0.2) is 4.98 Å². The molecule has 1 heterocycles. The van der Waals surface area contributed by atoms with Gasteiger partial charge in [0.2, 0.25) is 5.82 Å². The van der Waals surface area contributed by atoms with Crippen LogP contribution in [0.1, 0.15) is 11.4 Å². The van der Waals surface area contributed by atoms with E-state index >= 15 is 0 Å². The van der Waals surface area contributed by atoms with Crippen molar-refractivity contribution in [1.82, 2.24) is 9.55 Å². The van der Waals surface area contributed by atoms with Gasteiger partial charge in [-0.1, -0.05) is 23.2 Å². The molecule has 0 fully saturated rings. The van der Waals surface area contributed by atoms with E-state index in [0.717, 1.165) is 5.56 Å². The summed E-state index contributed by atoms with van der Waals surface area (Å²) in [6, 6.07) is 10.1. The summed E-state index contributed by atoms with van der Waals surface area (Å²) in [4.78, 5) is 16.3. The molecule has 0 saturated heterocycles. The van der Waals surface area contributed by atoms with Gasteiger partial charge in [-0.3, -0.25) is 9.36 Å². The van der Waals surface area contributed by atoms with Gasteiger partial charge in [0.05, 0.1) is 16.6 Å². The maximum atomic E-state index is 13.4. The molecule has 0 radical (unpaired) electrons. The minimum atomic E-state index is -4.77. The van der Waals surface area contributed by atoms with Crippen molar-refractivity contribution in [3.05, 3.63) is 69.2 Å². The highest BCUT2D eigenvalue weighted by atomic mass is 35.5. The lowest BCUT2D eigenvalue weighted by Gasteiger charge is -2.15. The quantitative estimate of drug-likeness (QED) is 0.660. The molecule has 0 saturated carbocycles. The Morgan fingerprint density at radius 2 is 1.74 bits per heavy atom. The van der Waals surface area contributed by atoms with Crippen LogP contribution < -0.4 is 5.56 Å². The molecule has 2 aromatic carbocycles. The molecule has 118 valence electrons. The normalized spacial score (nSPS) is 11.9. The van der Waals surface area contributed by atoms with Crippen LogP contribution in [0, 0.1) is 6.92 Å². The SMILES string of the molecule is Cc1ccc2nc(C(F)(F)F)n(-c3ccc(Cl)cc3)c(=O)c2c1. The number of benzene rings is 2. The zero-order valence-corrected chi connectivity index (χ0v) is 12.6. The van der Waals surface area contributed by atoms with Crippen molar-refractivity contribution < 1.29 is 13.2 Å². The maximum absolute atomic E-state index is 13.4. The van der Waals surface area contributed by atoms with E-state index in [1.54, 1.807) is 13.0 Å². The summed E-state index contributed by atoms with van der Waals surface area (Å²) in [6.07, 6.45) is -4.77. The van der Waals surface area contributed by atoms with Gasteiger partial charge in [0.1, 0.15) is 0 Å². The van der Waals surface area contributed by atoms with Gasteiger partial charge < -0.3 is 0 Å². The summed E-state index contributed by atoms with van der Waals surface area (Å²) in [5, 5.41) is 0.493. The maximum Gasteiger partial charge on any atom is 0.450 e. The molecule has 0 N–H and O–H groups in total. The third-order valence-electron chi connectivity index (χ3n) is 3.36. The van der Waals surface area contributed by atoms with Crippen molar-refractivity contribution in [3.8, 4) is 5.69 Å². The van der Waals surface area contributed by atoms with Gasteiger partial charge in [0, 0.05) is 5.02 Å². The molecular weight excluding hydrogens is 329 g/mol. The summed E-state index contributed by atoms with van der Waals surface area (Å²) < 4.78 is 40.6. The largest absolute Gasteiger partial charge is 0.450 e. The monoisotopic (exact) mass is 338 g/mol. The van der Waals surface area contributed by atoms with Crippen LogP contribution in [-0.2, 0) is 6.18 Å². The van der Waals surface area contributed by atoms with Crippen LogP contribution in [0.25, 0.3) is 16.6 Å². The zero-order chi connectivity index (χ0) is 16.8. The van der Waals surface area contributed by atoms with Crippen molar-refractivity contribution in [2.24, 2.45) is 0 Å². The van der Waals surface area contributed by atoms with Crippen molar-refractivity contribution in [2.45, 2.75) is 13.1 Å². The number of nitrogens with zero attached hydrogens (tertiary/aromatic N) is 2. The first-order valence-corrected chi connectivity index (χ1v) is 7.02. The van der Waals surface area contributed by atoms with Gasteiger partial charge in [0.15, 0.2) is 0 Å². The Balaban J connectivity index is 2.44. The van der Waals surface area contributed by atoms with Crippen molar-refractivity contribution in [1.29, 1.82) is 0 Å². The fraction of sp³-hybridized carbons (Fsp3) is 0.125. The van der Waals surface area contributed by atoms with E-state index in [2.05, 4.69) is 4.98 Å². The molecule has 7 heteroatoms. The van der Waals surface area contributed by atoms with E-state index in [0.29, 0.717) is 9.59 Å². The van der Waals surface area contributed by atoms with Crippen LogP contribution in [0.3, 0.4) is 0 Å². The highest BCUT2D eigenvalue weighted by molar-refractivity contribution is 6.30. The average molecular weight is 339 g/mol. The molecule has 0 atom stereocenters. The van der Waals surface area contributed by atoms with E-state index < -0.39 is 17.6 Å². The third kappa shape index (κ3) is 2.82. The van der Waals surface area contributed by atoms with Crippen LogP contribution in [0.15, 0.2) is 47.3 Å². The molecule has 0 amide bonds. The summed E-state index contributed by atoms with van der Waals surface area (Å²) in [7, 11) is 0. The van der Waals surface area contributed by atoms with Crippen LogP contribution in [0.4, 0.5) is 13.2 Å². The van der Waals surface area contributed by atoms with Crippen molar-refractivity contribution in [3.63, 3.8) is 0 Å². The zero-order valence-electron chi connectivity index (χ0n) is 11.9. The second kappa shape index (κ2) is 5.38. The minimum Gasteiger partial charge on any atom is -0.268 e. The molecule has 0 aliphatic carbocycles. The number of fused-ring (bicyclic) bond motifs is 1. The Bertz CT molecular complexity index is 946. The van der Waals surface area contributed by atoms with Crippen LogP contribution >= 0.6 is 11.6 Å². The lowest BCUT2D eigenvalue weighted by molar-refractivity contribution is -0.146. The van der Waals surface area contributed by atoms with Gasteiger partial charge in [-0.2, -0.15) is 13.2 Å². The lowest BCUT2D eigenvalue weighted by Crippen LogP contribution is -2.28. The van der Waals surface area contributed by atoms with Crippen LogP contribution in [-0.4, -0.2) is 9.55 Å². The Hall–Kier alpha value is -2.34. The van der Waals surface area contributed by atoms with Crippen molar-refractivity contribution in [2.75, 3.05) is 0 Å². The van der Waals surface area contributed by atoms with Crippen LogP contribution in [0.2, 0.25) is 5.02 Å². The first-order chi connectivity index (χ1) is 10.8. The smallest absolute Gasteiger partial charge is 0.268 e. The number of rotatable bonds is 1. The predicted octanol–water partition coefficient (Wildman–Crippen LogP) is 4.37. The molecule has 3 aromatic rings. The highest BCUT2D eigenvalue weighted by Crippen LogP contribution is 2.30. The fourth-order valence-electron chi connectivity index (χ4n) is 2.32. The van der Waals surface area contributed by atoms with E-state index in [9.17, 15) is 18.0 Å². The minimum absolute atomic E-state index is 0.0122. The topological polar surface area (TPSA) is 34.9 Å². The Morgan fingerprint density at radius 3 is 2.35 bits per heavy atom. The highest BCUT2D eigenvalue weighted by Gasteiger charge is 2.37. The number of aryl methyl sites for hydroxylation is 1. The van der Waals surface area contributed by atoms with E-state index in [4.69, 9.17) is 11.6 Å². The second-order valence-electron chi connectivity index (χ2n) is 5.07. The summed E-state index contributed by atoms with van der Waals surface area (Å²) in [6.45, 7) is 1.75. The molecule has 3 nitrogen and oxygen atoms in total. The molecule has 0 aliphatic heterocycles. The molecule has 0 aliphatic rings. The Labute approximate surface area is 134 Å². The Kier molecular flexibility index (Phi) is 3.64. The lowest BCUT2D eigenvalue weighted by atomic mass is 10.1. The van der Waals surface area contributed by atoms with Gasteiger partial charge in [-0.15, -0.1) is 0 Å². The molecule has 1 aromatic heterocycles. The molecule has 23 heavy (non-hydrogen) atoms. The first-order valence-electron chi connectivity index (χ1n) is 6.64. The summed E-state index contributed by atoms with van der Waals surface area (Å²) in [5.74, 6) is -1.26. The standard InChI is InChI=1S/C16H10ClF3N2O/c1-9-2-7-13-12(8-9)14(23)22(15(21-13)16(18,19)20)11-5-3-10(17)4-6-11/h2-8H,1H3. The molecule has 0 bridgehead atoms. The summed E-state index contributed by atoms with van der Waals surface area (Å²) >= 11 is 5.76. The third-order valence-corrected chi connectivity index (χ3v) is 3.61. The number of aromatic nitrogens is 2. The first kappa shape index (κ1) is 15.6. The Morgan fingerprint density at radius 1 is 1.09 bits per heavy atom. The molecular formula is C16H10ClF3N2O. The summed E-state index contributed by atoms with van der Waals surface area (Å²) in [5.41, 5.74) is 0.0629. The van der Waals surface area contributed by atoms with Gasteiger partial charge in [-0.05, 0) is 43.3 Å². The average Bonchev–Trinajstić information content (AvgIpc) is 2.48. The van der Waals surface area contributed by atoms with E-state index in [-0.39, 0.29) is 16.6 Å².